The summed E-state index contributed by atoms with van der Waals surface area (Å²) in [6, 6.07) is 0.181. The second-order valence-corrected chi connectivity index (χ2v) is 5.78. The van der Waals surface area contributed by atoms with Crippen LogP contribution in [0.25, 0.3) is 0 Å². The molecule has 0 saturated carbocycles. The highest BCUT2D eigenvalue weighted by Crippen LogP contribution is 2.23. The number of likely N-dealkylation sites (tertiary alicyclic amines) is 2. The SMILES string of the molecule is CC1CCN(CC(=O)N2CCCCCC2)C1CO. The van der Waals surface area contributed by atoms with Crippen molar-refractivity contribution in [2.24, 2.45) is 5.92 Å². The zero-order valence-electron chi connectivity index (χ0n) is 11.5. The van der Waals surface area contributed by atoms with Crippen molar-refractivity contribution in [3.05, 3.63) is 0 Å². The number of nitrogens with zero attached hydrogens (tertiary/aromatic N) is 2. The van der Waals surface area contributed by atoms with Gasteiger partial charge in [-0.15, -0.1) is 0 Å². The summed E-state index contributed by atoms with van der Waals surface area (Å²) in [4.78, 5) is 16.5. The van der Waals surface area contributed by atoms with Gasteiger partial charge in [0.05, 0.1) is 13.2 Å². The van der Waals surface area contributed by atoms with E-state index in [2.05, 4.69) is 11.8 Å². The Hall–Kier alpha value is -0.610. The van der Waals surface area contributed by atoms with E-state index >= 15 is 0 Å². The summed E-state index contributed by atoms with van der Waals surface area (Å²) in [5.41, 5.74) is 0. The maximum Gasteiger partial charge on any atom is 0.236 e. The molecule has 1 amide bonds. The second-order valence-electron chi connectivity index (χ2n) is 5.78. The molecule has 18 heavy (non-hydrogen) atoms. The molecule has 0 radical (unpaired) electrons. The van der Waals surface area contributed by atoms with E-state index in [4.69, 9.17) is 0 Å². The van der Waals surface area contributed by atoms with Crippen molar-refractivity contribution >= 4 is 5.91 Å². The molecule has 0 aromatic carbocycles. The van der Waals surface area contributed by atoms with Crippen LogP contribution >= 0.6 is 0 Å². The van der Waals surface area contributed by atoms with Crippen molar-refractivity contribution in [2.75, 3.05) is 32.8 Å². The Balaban J connectivity index is 1.86. The molecule has 0 aromatic heterocycles. The first-order valence-corrected chi connectivity index (χ1v) is 7.35. The Morgan fingerprint density at radius 1 is 1.17 bits per heavy atom. The Bertz CT molecular complexity index is 275. The van der Waals surface area contributed by atoms with E-state index < -0.39 is 0 Å². The number of aliphatic hydroxyl groups excluding tert-OH is 1. The van der Waals surface area contributed by atoms with Gasteiger partial charge in [0.15, 0.2) is 0 Å². The van der Waals surface area contributed by atoms with Gasteiger partial charge < -0.3 is 10.0 Å². The van der Waals surface area contributed by atoms with Gasteiger partial charge in [-0.2, -0.15) is 0 Å². The monoisotopic (exact) mass is 254 g/mol. The van der Waals surface area contributed by atoms with Gasteiger partial charge in [-0.25, -0.2) is 0 Å². The van der Waals surface area contributed by atoms with Crippen molar-refractivity contribution in [1.82, 2.24) is 9.80 Å². The molecule has 2 atom stereocenters. The number of hydrogen-bond donors (Lipinski definition) is 1. The molecule has 0 bridgehead atoms. The summed E-state index contributed by atoms with van der Waals surface area (Å²) < 4.78 is 0. The molecule has 0 spiro atoms. The molecule has 0 aromatic rings. The lowest BCUT2D eigenvalue weighted by atomic mass is 10.0. The van der Waals surface area contributed by atoms with E-state index in [-0.39, 0.29) is 18.6 Å². The fraction of sp³-hybridized carbons (Fsp3) is 0.929. The number of aliphatic hydroxyl groups is 1. The smallest absolute Gasteiger partial charge is 0.236 e. The third-order valence-electron chi connectivity index (χ3n) is 4.48. The zero-order valence-corrected chi connectivity index (χ0v) is 11.5. The molecule has 2 fully saturated rings. The van der Waals surface area contributed by atoms with Crippen LogP contribution in [-0.4, -0.2) is 59.6 Å². The molecule has 0 aliphatic carbocycles. The average molecular weight is 254 g/mol. The molecule has 1 N–H and O–H groups in total. The summed E-state index contributed by atoms with van der Waals surface area (Å²) in [5, 5.41) is 9.41. The van der Waals surface area contributed by atoms with Crippen molar-refractivity contribution in [2.45, 2.75) is 45.1 Å². The molecule has 4 nitrogen and oxygen atoms in total. The lowest BCUT2D eigenvalue weighted by Crippen LogP contribution is -2.44. The summed E-state index contributed by atoms with van der Waals surface area (Å²) in [6.45, 7) is 5.63. The van der Waals surface area contributed by atoms with Gasteiger partial charge in [-0.3, -0.25) is 9.69 Å². The van der Waals surface area contributed by atoms with Gasteiger partial charge in [0.2, 0.25) is 5.91 Å². The standard InChI is InChI=1S/C14H26N2O2/c1-12-6-9-16(13(12)11-17)10-14(18)15-7-4-2-3-5-8-15/h12-13,17H,2-11H2,1H3. The van der Waals surface area contributed by atoms with Crippen molar-refractivity contribution < 1.29 is 9.90 Å². The molecule has 2 aliphatic rings. The van der Waals surface area contributed by atoms with Crippen molar-refractivity contribution in [1.29, 1.82) is 0 Å². The predicted molar refractivity (Wildman–Crippen MR) is 71.3 cm³/mol. The minimum absolute atomic E-state index is 0.175. The van der Waals surface area contributed by atoms with Crippen LogP contribution in [0, 0.1) is 5.92 Å². The normalized spacial score (nSPS) is 30.4. The Morgan fingerprint density at radius 2 is 1.83 bits per heavy atom. The van der Waals surface area contributed by atoms with Crippen molar-refractivity contribution in [3.8, 4) is 0 Å². The van der Waals surface area contributed by atoms with E-state index in [1.165, 1.54) is 12.8 Å². The molecule has 104 valence electrons. The lowest BCUT2D eigenvalue weighted by molar-refractivity contribution is -0.132. The Morgan fingerprint density at radius 3 is 2.44 bits per heavy atom. The quantitative estimate of drug-likeness (QED) is 0.820. The maximum absolute atomic E-state index is 12.3. The van der Waals surface area contributed by atoms with Gasteiger partial charge in [-0.05, 0) is 31.7 Å². The summed E-state index contributed by atoms with van der Waals surface area (Å²) >= 11 is 0. The maximum atomic E-state index is 12.3. The van der Waals surface area contributed by atoms with Crippen LogP contribution in [-0.2, 0) is 4.79 Å². The summed E-state index contributed by atoms with van der Waals surface area (Å²) in [6.07, 6.45) is 5.89. The number of carbonyl (C=O) groups excluding carboxylic acids is 1. The lowest BCUT2D eigenvalue weighted by Gasteiger charge is -2.28. The first-order chi connectivity index (χ1) is 8.72. The fourth-order valence-electron chi connectivity index (χ4n) is 3.17. The molecule has 2 rings (SSSR count). The summed E-state index contributed by atoms with van der Waals surface area (Å²) in [5.74, 6) is 0.761. The van der Waals surface area contributed by atoms with Crippen LogP contribution in [0.5, 0.6) is 0 Å². The molecule has 2 heterocycles. The number of hydrogen-bond acceptors (Lipinski definition) is 3. The van der Waals surface area contributed by atoms with E-state index in [9.17, 15) is 9.90 Å². The van der Waals surface area contributed by atoms with Crippen LogP contribution < -0.4 is 0 Å². The van der Waals surface area contributed by atoms with E-state index in [0.717, 1.165) is 38.9 Å². The van der Waals surface area contributed by atoms with E-state index in [1.807, 2.05) is 4.90 Å². The largest absolute Gasteiger partial charge is 0.395 e. The van der Waals surface area contributed by atoms with Gasteiger partial charge >= 0.3 is 0 Å². The van der Waals surface area contributed by atoms with Crippen LogP contribution in [0.4, 0.5) is 0 Å². The van der Waals surface area contributed by atoms with E-state index in [0.29, 0.717) is 12.5 Å². The highest BCUT2D eigenvalue weighted by Gasteiger charge is 2.32. The van der Waals surface area contributed by atoms with Crippen LogP contribution in [0.2, 0.25) is 0 Å². The Labute approximate surface area is 110 Å². The first kappa shape index (κ1) is 13.8. The third kappa shape index (κ3) is 3.23. The van der Waals surface area contributed by atoms with Gasteiger partial charge in [0.1, 0.15) is 0 Å². The first-order valence-electron chi connectivity index (χ1n) is 7.35. The fourth-order valence-corrected chi connectivity index (χ4v) is 3.17. The second kappa shape index (κ2) is 6.53. The van der Waals surface area contributed by atoms with Crippen LogP contribution in [0.15, 0.2) is 0 Å². The van der Waals surface area contributed by atoms with Crippen LogP contribution in [0.1, 0.15) is 39.0 Å². The summed E-state index contributed by atoms with van der Waals surface area (Å²) in [7, 11) is 0. The molecule has 2 aliphatic heterocycles. The molecule has 2 unspecified atom stereocenters. The van der Waals surface area contributed by atoms with Crippen molar-refractivity contribution in [3.63, 3.8) is 0 Å². The zero-order chi connectivity index (χ0) is 13.0. The number of rotatable bonds is 3. The molecular weight excluding hydrogens is 228 g/mol. The average Bonchev–Trinajstić information content (AvgIpc) is 2.59. The highest BCUT2D eigenvalue weighted by molar-refractivity contribution is 5.78. The number of carbonyl (C=O) groups is 1. The third-order valence-corrected chi connectivity index (χ3v) is 4.48. The minimum Gasteiger partial charge on any atom is -0.395 e. The van der Waals surface area contributed by atoms with E-state index in [1.54, 1.807) is 0 Å². The van der Waals surface area contributed by atoms with Gasteiger partial charge in [-0.1, -0.05) is 19.8 Å². The number of amides is 1. The highest BCUT2D eigenvalue weighted by atomic mass is 16.3. The predicted octanol–water partition coefficient (Wildman–Crippen LogP) is 1.09. The molecular formula is C14H26N2O2. The van der Waals surface area contributed by atoms with Gasteiger partial charge in [0, 0.05) is 19.1 Å². The van der Waals surface area contributed by atoms with Crippen LogP contribution in [0.3, 0.4) is 0 Å². The minimum atomic E-state index is 0.175. The van der Waals surface area contributed by atoms with Gasteiger partial charge in [0.25, 0.3) is 0 Å². The molecule has 2 saturated heterocycles. The molecule has 4 heteroatoms. The topological polar surface area (TPSA) is 43.8 Å². The Kier molecular flexibility index (Phi) is 5.01.